The second kappa shape index (κ2) is 3.37. The van der Waals surface area contributed by atoms with Crippen molar-refractivity contribution in [1.82, 2.24) is 0 Å². The summed E-state index contributed by atoms with van der Waals surface area (Å²) in [5.74, 6) is -0.137. The monoisotopic (exact) mass is 218 g/mol. The number of benzene rings is 1. The first kappa shape index (κ1) is 10.7. The Morgan fingerprint density at radius 3 is 2.69 bits per heavy atom. The third-order valence-corrected chi connectivity index (χ3v) is 2.58. The topological polar surface area (TPSA) is 46.5 Å². The molecule has 1 heterocycles. The lowest BCUT2D eigenvalue weighted by atomic mass is 9.98. The van der Waals surface area contributed by atoms with Crippen molar-refractivity contribution in [2.24, 2.45) is 0 Å². The van der Waals surface area contributed by atoms with Crippen molar-refractivity contribution >= 4 is 12.0 Å². The first-order chi connectivity index (χ1) is 7.39. The van der Waals surface area contributed by atoms with Crippen LogP contribution in [0, 0.1) is 6.92 Å². The Balaban J connectivity index is 2.56. The number of carbonyl (C=O) groups is 1. The van der Waals surface area contributed by atoms with Gasteiger partial charge in [-0.15, -0.1) is 0 Å². The average molecular weight is 218 g/mol. The minimum Gasteiger partial charge on any atom is -0.483 e. The Morgan fingerprint density at radius 2 is 2.06 bits per heavy atom. The standard InChI is InChI=1S/C13H14O3/c1-8-6-10(12(14)15)7-9-4-5-13(2,3)16-11(8)9/h4-7H,1-3H3,(H,14,15). The van der Waals surface area contributed by atoms with Gasteiger partial charge in [0.05, 0.1) is 5.56 Å². The third kappa shape index (κ3) is 1.81. The van der Waals surface area contributed by atoms with E-state index in [1.54, 1.807) is 12.1 Å². The van der Waals surface area contributed by atoms with Crippen LogP contribution in [-0.2, 0) is 0 Å². The van der Waals surface area contributed by atoms with Gasteiger partial charge in [-0.2, -0.15) is 0 Å². The van der Waals surface area contributed by atoms with Crippen molar-refractivity contribution in [2.45, 2.75) is 26.4 Å². The molecule has 0 aliphatic carbocycles. The van der Waals surface area contributed by atoms with Crippen molar-refractivity contribution in [2.75, 3.05) is 0 Å². The van der Waals surface area contributed by atoms with E-state index in [4.69, 9.17) is 9.84 Å². The Morgan fingerprint density at radius 1 is 1.38 bits per heavy atom. The smallest absolute Gasteiger partial charge is 0.335 e. The molecule has 2 rings (SSSR count). The van der Waals surface area contributed by atoms with Crippen LogP contribution >= 0.6 is 0 Å². The van der Waals surface area contributed by atoms with Crippen LogP contribution in [0.2, 0.25) is 0 Å². The summed E-state index contributed by atoms with van der Waals surface area (Å²) in [4.78, 5) is 10.9. The lowest BCUT2D eigenvalue weighted by Crippen LogP contribution is -2.28. The number of carboxylic acids is 1. The Labute approximate surface area is 94.4 Å². The summed E-state index contributed by atoms with van der Waals surface area (Å²) in [5.41, 5.74) is 1.65. The molecular formula is C13H14O3. The minimum absolute atomic E-state index is 0.296. The number of fused-ring (bicyclic) bond motifs is 1. The molecule has 1 aromatic carbocycles. The van der Waals surface area contributed by atoms with E-state index in [-0.39, 0.29) is 5.60 Å². The molecule has 0 bridgehead atoms. The normalized spacial score (nSPS) is 16.4. The van der Waals surface area contributed by atoms with Gasteiger partial charge in [-0.3, -0.25) is 0 Å². The van der Waals surface area contributed by atoms with E-state index < -0.39 is 5.97 Å². The van der Waals surface area contributed by atoms with E-state index in [0.29, 0.717) is 5.56 Å². The second-order valence-electron chi connectivity index (χ2n) is 4.56. The van der Waals surface area contributed by atoms with Gasteiger partial charge in [-0.1, -0.05) is 6.08 Å². The fourth-order valence-corrected chi connectivity index (χ4v) is 1.78. The number of aromatic carboxylic acids is 1. The van der Waals surface area contributed by atoms with Crippen molar-refractivity contribution in [3.8, 4) is 5.75 Å². The summed E-state index contributed by atoms with van der Waals surface area (Å²) in [5, 5.41) is 8.95. The van der Waals surface area contributed by atoms with Crippen LogP contribution in [0.25, 0.3) is 6.08 Å². The zero-order valence-corrected chi connectivity index (χ0v) is 9.57. The highest BCUT2D eigenvalue weighted by Crippen LogP contribution is 2.34. The van der Waals surface area contributed by atoms with Gasteiger partial charge in [-0.25, -0.2) is 4.79 Å². The van der Waals surface area contributed by atoms with Crippen LogP contribution in [0.5, 0.6) is 5.75 Å². The molecule has 0 unspecified atom stereocenters. The summed E-state index contributed by atoms with van der Waals surface area (Å²) in [6.07, 6.45) is 3.85. The Bertz CT molecular complexity index is 484. The molecule has 84 valence electrons. The summed E-state index contributed by atoms with van der Waals surface area (Å²) < 4.78 is 5.81. The van der Waals surface area contributed by atoms with Gasteiger partial charge >= 0.3 is 5.97 Å². The lowest BCUT2D eigenvalue weighted by Gasteiger charge is -2.29. The SMILES string of the molecule is Cc1cc(C(=O)O)cc2c1OC(C)(C)C=C2. The first-order valence-electron chi connectivity index (χ1n) is 5.15. The van der Waals surface area contributed by atoms with Crippen LogP contribution < -0.4 is 4.74 Å². The third-order valence-electron chi connectivity index (χ3n) is 2.58. The van der Waals surface area contributed by atoms with E-state index in [0.717, 1.165) is 16.9 Å². The molecule has 0 aromatic heterocycles. The Kier molecular flexibility index (Phi) is 2.26. The van der Waals surface area contributed by atoms with E-state index in [1.807, 2.05) is 32.9 Å². The number of aryl methyl sites for hydroxylation is 1. The quantitative estimate of drug-likeness (QED) is 0.788. The van der Waals surface area contributed by atoms with E-state index in [2.05, 4.69) is 0 Å². The molecule has 1 aliphatic rings. The van der Waals surface area contributed by atoms with Crippen molar-refractivity contribution < 1.29 is 14.6 Å². The van der Waals surface area contributed by atoms with Gasteiger partial charge in [-0.05, 0) is 44.5 Å². The van der Waals surface area contributed by atoms with Crippen LogP contribution in [0.15, 0.2) is 18.2 Å². The van der Waals surface area contributed by atoms with Crippen LogP contribution in [-0.4, -0.2) is 16.7 Å². The first-order valence-corrected chi connectivity index (χ1v) is 5.15. The molecule has 16 heavy (non-hydrogen) atoms. The molecule has 1 aliphatic heterocycles. The predicted octanol–water partition coefficient (Wildman–Crippen LogP) is 2.88. The molecule has 0 atom stereocenters. The summed E-state index contributed by atoms with van der Waals surface area (Å²) in [6, 6.07) is 3.27. The average Bonchev–Trinajstić information content (AvgIpc) is 2.18. The van der Waals surface area contributed by atoms with E-state index in [1.165, 1.54) is 0 Å². The molecule has 0 radical (unpaired) electrons. The largest absolute Gasteiger partial charge is 0.483 e. The van der Waals surface area contributed by atoms with Crippen LogP contribution in [0.1, 0.15) is 35.3 Å². The van der Waals surface area contributed by atoms with Gasteiger partial charge in [0.2, 0.25) is 0 Å². The molecule has 0 saturated heterocycles. The predicted molar refractivity (Wildman–Crippen MR) is 61.9 cm³/mol. The fourth-order valence-electron chi connectivity index (χ4n) is 1.78. The van der Waals surface area contributed by atoms with Gasteiger partial charge in [0.25, 0.3) is 0 Å². The summed E-state index contributed by atoms with van der Waals surface area (Å²) in [7, 11) is 0. The van der Waals surface area contributed by atoms with E-state index in [9.17, 15) is 4.79 Å². The maximum Gasteiger partial charge on any atom is 0.335 e. The molecule has 0 saturated carbocycles. The molecule has 0 amide bonds. The zero-order chi connectivity index (χ0) is 11.9. The Hall–Kier alpha value is -1.77. The zero-order valence-electron chi connectivity index (χ0n) is 9.57. The van der Waals surface area contributed by atoms with Crippen molar-refractivity contribution in [3.63, 3.8) is 0 Å². The molecule has 0 spiro atoms. The van der Waals surface area contributed by atoms with E-state index >= 15 is 0 Å². The highest BCUT2D eigenvalue weighted by Gasteiger charge is 2.23. The van der Waals surface area contributed by atoms with Crippen molar-refractivity contribution in [3.05, 3.63) is 34.9 Å². The molecule has 1 N–H and O–H groups in total. The summed E-state index contributed by atoms with van der Waals surface area (Å²) >= 11 is 0. The number of hydrogen-bond donors (Lipinski definition) is 1. The maximum atomic E-state index is 10.9. The highest BCUT2D eigenvalue weighted by atomic mass is 16.5. The van der Waals surface area contributed by atoms with Crippen molar-refractivity contribution in [1.29, 1.82) is 0 Å². The summed E-state index contributed by atoms with van der Waals surface area (Å²) in [6.45, 7) is 5.80. The second-order valence-corrected chi connectivity index (χ2v) is 4.56. The number of carboxylic acid groups (broad SMARTS) is 1. The number of hydrogen-bond acceptors (Lipinski definition) is 2. The van der Waals surface area contributed by atoms with Gasteiger partial charge in [0, 0.05) is 5.56 Å². The van der Waals surface area contributed by atoms with Crippen LogP contribution in [0.3, 0.4) is 0 Å². The molecular weight excluding hydrogens is 204 g/mol. The number of rotatable bonds is 1. The molecule has 1 aromatic rings. The van der Waals surface area contributed by atoms with Gasteiger partial charge in [0.15, 0.2) is 0 Å². The number of ether oxygens (including phenoxy) is 1. The maximum absolute atomic E-state index is 10.9. The molecule has 0 fully saturated rings. The highest BCUT2D eigenvalue weighted by molar-refractivity contribution is 5.89. The van der Waals surface area contributed by atoms with Crippen LogP contribution in [0.4, 0.5) is 0 Å². The minimum atomic E-state index is -0.913. The lowest BCUT2D eigenvalue weighted by molar-refractivity contribution is 0.0696. The van der Waals surface area contributed by atoms with Gasteiger partial charge in [0.1, 0.15) is 11.4 Å². The van der Waals surface area contributed by atoms with Gasteiger partial charge < -0.3 is 9.84 Å². The molecule has 3 nitrogen and oxygen atoms in total. The fraction of sp³-hybridized carbons (Fsp3) is 0.308. The molecule has 3 heteroatoms.